The van der Waals surface area contributed by atoms with Gasteiger partial charge in [-0.15, -0.1) is 5.06 Å². The standard InChI is InChI=1S/C25H29ClN4O4/c1-25(2,30(13-5-14-31)34-22-7-4-3-6-19(22)17-27)12-15-33-23-10-8-18(16-20(23)26)21-9-11-24(32)29-28-21/h3-4,6-8,10,16,31H,5,9,11-15H2,1-2H3,(H,29,32). The number of para-hydroxylation sites is 1. The highest BCUT2D eigenvalue weighted by Gasteiger charge is 2.29. The third kappa shape index (κ3) is 6.70. The van der Waals surface area contributed by atoms with Gasteiger partial charge in [0.15, 0.2) is 5.75 Å². The second kappa shape index (κ2) is 11.8. The molecule has 0 spiro atoms. The zero-order chi connectivity index (χ0) is 24.6. The molecule has 1 amide bonds. The van der Waals surface area contributed by atoms with Crippen molar-refractivity contribution in [2.24, 2.45) is 5.10 Å². The number of nitrogens with one attached hydrogen (secondary N) is 1. The molecule has 0 atom stereocenters. The molecule has 0 aliphatic carbocycles. The number of carbonyl (C=O) groups is 1. The van der Waals surface area contributed by atoms with Crippen LogP contribution in [0.25, 0.3) is 0 Å². The molecule has 0 bridgehead atoms. The number of carbonyl (C=O) groups excluding carboxylic acids is 1. The smallest absolute Gasteiger partial charge is 0.240 e. The van der Waals surface area contributed by atoms with E-state index >= 15 is 0 Å². The fourth-order valence-corrected chi connectivity index (χ4v) is 3.69. The van der Waals surface area contributed by atoms with Crippen LogP contribution in [-0.2, 0) is 4.79 Å². The minimum absolute atomic E-state index is 0.0310. The molecule has 0 saturated carbocycles. The quantitative estimate of drug-likeness (QED) is 0.466. The molecule has 8 nitrogen and oxygen atoms in total. The van der Waals surface area contributed by atoms with Crippen molar-refractivity contribution in [3.8, 4) is 17.6 Å². The molecular formula is C25H29ClN4O4. The Balaban J connectivity index is 1.64. The molecule has 34 heavy (non-hydrogen) atoms. The van der Waals surface area contributed by atoms with Gasteiger partial charge in [-0.2, -0.15) is 10.4 Å². The van der Waals surface area contributed by atoms with E-state index in [1.54, 1.807) is 35.4 Å². The first kappa shape index (κ1) is 25.5. The second-order valence-electron chi connectivity index (χ2n) is 8.53. The number of halogens is 1. The number of hydrazone groups is 1. The van der Waals surface area contributed by atoms with Crippen LogP contribution in [0.2, 0.25) is 5.02 Å². The summed E-state index contributed by atoms with van der Waals surface area (Å²) in [5.74, 6) is 0.933. The van der Waals surface area contributed by atoms with Gasteiger partial charge in [0.2, 0.25) is 5.91 Å². The molecule has 1 heterocycles. The summed E-state index contributed by atoms with van der Waals surface area (Å²) in [5, 5.41) is 25.0. The SMILES string of the molecule is CC(C)(CCOc1ccc(C2=NNC(=O)CC2)cc1Cl)N(CCCO)Oc1ccccc1C#N. The predicted molar refractivity (Wildman–Crippen MR) is 130 cm³/mol. The molecule has 0 fully saturated rings. The molecule has 2 N–H and O–H groups in total. The summed E-state index contributed by atoms with van der Waals surface area (Å²) in [4.78, 5) is 17.4. The lowest BCUT2D eigenvalue weighted by Crippen LogP contribution is -2.47. The molecule has 2 aromatic rings. The molecule has 1 aliphatic heterocycles. The third-order valence-electron chi connectivity index (χ3n) is 5.55. The summed E-state index contributed by atoms with van der Waals surface area (Å²) in [5.41, 5.74) is 4.10. The molecule has 0 unspecified atom stereocenters. The maximum Gasteiger partial charge on any atom is 0.240 e. The molecular weight excluding hydrogens is 456 g/mol. The maximum atomic E-state index is 11.3. The summed E-state index contributed by atoms with van der Waals surface area (Å²) < 4.78 is 5.96. The number of nitrogens with zero attached hydrogens (tertiary/aromatic N) is 3. The van der Waals surface area contributed by atoms with Gasteiger partial charge < -0.3 is 14.7 Å². The van der Waals surface area contributed by atoms with E-state index in [-0.39, 0.29) is 12.5 Å². The molecule has 9 heteroatoms. The van der Waals surface area contributed by atoms with Crippen LogP contribution in [0.3, 0.4) is 0 Å². The van der Waals surface area contributed by atoms with Gasteiger partial charge in [-0.3, -0.25) is 4.79 Å². The van der Waals surface area contributed by atoms with Gasteiger partial charge in [0.1, 0.15) is 11.8 Å². The molecule has 2 aromatic carbocycles. The van der Waals surface area contributed by atoms with Gasteiger partial charge in [-0.1, -0.05) is 23.7 Å². The number of hydrogen-bond donors (Lipinski definition) is 2. The van der Waals surface area contributed by atoms with E-state index in [0.717, 1.165) is 11.3 Å². The first-order valence-corrected chi connectivity index (χ1v) is 11.6. The average molecular weight is 485 g/mol. The van der Waals surface area contributed by atoms with Crippen molar-refractivity contribution in [1.29, 1.82) is 5.26 Å². The van der Waals surface area contributed by atoms with E-state index in [4.69, 9.17) is 21.2 Å². The molecule has 0 saturated heterocycles. The van der Waals surface area contributed by atoms with Crippen LogP contribution in [0.4, 0.5) is 0 Å². The Morgan fingerprint density at radius 1 is 1.24 bits per heavy atom. The fraction of sp³-hybridized carbons (Fsp3) is 0.400. The Labute approximate surface area is 204 Å². The van der Waals surface area contributed by atoms with E-state index in [2.05, 4.69) is 16.6 Å². The fourth-order valence-electron chi connectivity index (χ4n) is 3.46. The van der Waals surface area contributed by atoms with Crippen LogP contribution < -0.4 is 15.0 Å². The van der Waals surface area contributed by atoms with Crippen LogP contribution in [0.5, 0.6) is 11.5 Å². The maximum absolute atomic E-state index is 11.3. The van der Waals surface area contributed by atoms with E-state index in [9.17, 15) is 15.2 Å². The second-order valence-corrected chi connectivity index (χ2v) is 8.94. The Bertz CT molecular complexity index is 1080. The summed E-state index contributed by atoms with van der Waals surface area (Å²) in [6.45, 7) is 4.93. The van der Waals surface area contributed by atoms with Crippen molar-refractivity contribution in [3.63, 3.8) is 0 Å². The Hall–Kier alpha value is -3.12. The Kier molecular flexibility index (Phi) is 8.88. The predicted octanol–water partition coefficient (Wildman–Crippen LogP) is 4.05. The number of amides is 1. The highest BCUT2D eigenvalue weighted by Crippen LogP contribution is 2.29. The van der Waals surface area contributed by atoms with Gasteiger partial charge in [-0.25, -0.2) is 5.43 Å². The summed E-state index contributed by atoms with van der Waals surface area (Å²) in [6.07, 6.45) is 2.09. The minimum atomic E-state index is -0.459. The largest absolute Gasteiger partial charge is 0.492 e. The van der Waals surface area contributed by atoms with E-state index in [1.807, 2.05) is 26.0 Å². The van der Waals surface area contributed by atoms with Gasteiger partial charge in [0.25, 0.3) is 0 Å². The first-order valence-electron chi connectivity index (χ1n) is 11.2. The van der Waals surface area contributed by atoms with Crippen LogP contribution in [0.1, 0.15) is 50.7 Å². The molecule has 1 aliphatic rings. The molecule has 0 aromatic heterocycles. The van der Waals surface area contributed by atoms with Crippen molar-refractivity contribution < 1.29 is 19.5 Å². The minimum Gasteiger partial charge on any atom is -0.492 e. The van der Waals surface area contributed by atoms with E-state index in [1.165, 1.54) is 0 Å². The monoisotopic (exact) mass is 484 g/mol. The van der Waals surface area contributed by atoms with Crippen molar-refractivity contribution in [3.05, 3.63) is 58.6 Å². The van der Waals surface area contributed by atoms with Crippen molar-refractivity contribution >= 4 is 23.2 Å². The Morgan fingerprint density at radius 2 is 2.03 bits per heavy atom. The molecule has 0 radical (unpaired) electrons. The van der Waals surface area contributed by atoms with E-state index < -0.39 is 5.54 Å². The zero-order valence-electron chi connectivity index (χ0n) is 19.4. The number of ether oxygens (including phenoxy) is 1. The van der Waals surface area contributed by atoms with Gasteiger partial charge in [0, 0.05) is 32.4 Å². The number of rotatable bonds is 11. The van der Waals surface area contributed by atoms with Crippen molar-refractivity contribution in [1.82, 2.24) is 10.5 Å². The van der Waals surface area contributed by atoms with Gasteiger partial charge >= 0.3 is 0 Å². The number of nitriles is 1. The van der Waals surface area contributed by atoms with E-state index in [0.29, 0.717) is 60.9 Å². The highest BCUT2D eigenvalue weighted by molar-refractivity contribution is 6.32. The van der Waals surface area contributed by atoms with Gasteiger partial charge in [-0.05, 0) is 56.2 Å². The molecule has 180 valence electrons. The normalized spacial score (nSPS) is 13.8. The number of aliphatic hydroxyl groups is 1. The van der Waals surface area contributed by atoms with Crippen LogP contribution in [0, 0.1) is 11.3 Å². The summed E-state index contributed by atoms with van der Waals surface area (Å²) >= 11 is 6.44. The Morgan fingerprint density at radius 3 is 2.71 bits per heavy atom. The summed E-state index contributed by atoms with van der Waals surface area (Å²) in [6, 6.07) is 14.7. The topological polar surface area (TPSA) is 107 Å². The van der Waals surface area contributed by atoms with Crippen LogP contribution >= 0.6 is 11.6 Å². The lowest BCUT2D eigenvalue weighted by atomic mass is 10.0. The van der Waals surface area contributed by atoms with Crippen molar-refractivity contribution in [2.45, 2.75) is 45.1 Å². The number of hydroxylamine groups is 2. The lowest BCUT2D eigenvalue weighted by molar-refractivity contribution is -0.140. The first-order chi connectivity index (χ1) is 16.3. The number of benzene rings is 2. The van der Waals surface area contributed by atoms with Crippen molar-refractivity contribution in [2.75, 3.05) is 19.8 Å². The zero-order valence-corrected chi connectivity index (χ0v) is 20.1. The number of hydrogen-bond acceptors (Lipinski definition) is 7. The summed E-state index contributed by atoms with van der Waals surface area (Å²) in [7, 11) is 0. The average Bonchev–Trinajstić information content (AvgIpc) is 2.83. The van der Waals surface area contributed by atoms with Gasteiger partial charge in [0.05, 0.1) is 28.4 Å². The number of aliphatic hydroxyl groups excluding tert-OH is 1. The van der Waals surface area contributed by atoms with Crippen LogP contribution in [0.15, 0.2) is 47.6 Å². The third-order valence-corrected chi connectivity index (χ3v) is 5.85. The highest BCUT2D eigenvalue weighted by atomic mass is 35.5. The lowest BCUT2D eigenvalue weighted by Gasteiger charge is -2.37. The van der Waals surface area contributed by atoms with Crippen LogP contribution in [-0.4, -0.2) is 47.1 Å². The molecule has 3 rings (SSSR count).